The molecule has 0 unspecified atom stereocenters. The second-order valence-corrected chi connectivity index (χ2v) is 4.95. The molecule has 2 rings (SSSR count). The van der Waals surface area contributed by atoms with Crippen molar-refractivity contribution in [3.05, 3.63) is 23.9 Å². The lowest BCUT2D eigenvalue weighted by atomic mass is 9.93. The van der Waals surface area contributed by atoms with Crippen molar-refractivity contribution in [2.24, 2.45) is 0 Å². The molecule has 5 heteroatoms. The number of aliphatic hydroxyl groups is 1. The lowest BCUT2D eigenvalue weighted by molar-refractivity contribution is 0.0586. The first-order valence-corrected chi connectivity index (χ1v) is 6.86. The third kappa shape index (κ3) is 3.23. The van der Waals surface area contributed by atoms with Crippen molar-refractivity contribution < 1.29 is 9.90 Å². The number of hydrogen-bond acceptors (Lipinski definition) is 4. The molecule has 0 aliphatic heterocycles. The maximum absolute atomic E-state index is 12.5. The number of hydrogen-bond donors (Lipinski definition) is 2. The maximum Gasteiger partial charge on any atom is 0.257 e. The van der Waals surface area contributed by atoms with Crippen LogP contribution >= 0.6 is 0 Å². The molecular formula is C14H21N3O2. The van der Waals surface area contributed by atoms with Gasteiger partial charge in [-0.05, 0) is 25.0 Å². The standard InChI is InChI=1S/C14H21N3O2/c15-13-12(7-4-8-16-13)14(19)17(9-10-18)11-5-2-1-3-6-11/h4,7-8,11,18H,1-3,5-6,9-10H2,(H2,15,16). The highest BCUT2D eigenvalue weighted by molar-refractivity contribution is 5.98. The smallest absolute Gasteiger partial charge is 0.257 e. The summed E-state index contributed by atoms with van der Waals surface area (Å²) in [5.74, 6) is 0.137. The zero-order valence-corrected chi connectivity index (χ0v) is 11.1. The van der Waals surface area contributed by atoms with E-state index in [1.54, 1.807) is 23.2 Å². The van der Waals surface area contributed by atoms with Crippen molar-refractivity contribution in [1.82, 2.24) is 9.88 Å². The third-order valence-corrected chi connectivity index (χ3v) is 3.69. The zero-order chi connectivity index (χ0) is 13.7. The quantitative estimate of drug-likeness (QED) is 0.861. The molecule has 0 radical (unpaired) electrons. The van der Waals surface area contributed by atoms with E-state index in [0.717, 1.165) is 25.7 Å². The highest BCUT2D eigenvalue weighted by atomic mass is 16.3. The van der Waals surface area contributed by atoms with Crippen molar-refractivity contribution >= 4 is 11.7 Å². The summed E-state index contributed by atoms with van der Waals surface area (Å²) in [7, 11) is 0. The van der Waals surface area contributed by atoms with Crippen LogP contribution in [0.4, 0.5) is 5.82 Å². The Bertz CT molecular complexity index is 430. The third-order valence-electron chi connectivity index (χ3n) is 3.69. The molecule has 1 saturated carbocycles. The van der Waals surface area contributed by atoms with E-state index in [-0.39, 0.29) is 24.4 Å². The van der Waals surface area contributed by atoms with Crippen LogP contribution in [0.1, 0.15) is 42.5 Å². The fourth-order valence-corrected chi connectivity index (χ4v) is 2.70. The molecule has 19 heavy (non-hydrogen) atoms. The molecule has 1 heterocycles. The predicted octanol–water partition coefficient (Wildman–Crippen LogP) is 1.43. The van der Waals surface area contributed by atoms with Crippen LogP contribution in [0.5, 0.6) is 0 Å². The zero-order valence-electron chi connectivity index (χ0n) is 11.1. The van der Waals surface area contributed by atoms with Gasteiger partial charge in [-0.2, -0.15) is 0 Å². The van der Waals surface area contributed by atoms with E-state index in [2.05, 4.69) is 4.98 Å². The van der Waals surface area contributed by atoms with Crippen LogP contribution in [0, 0.1) is 0 Å². The van der Waals surface area contributed by atoms with Gasteiger partial charge in [0.25, 0.3) is 5.91 Å². The first-order chi connectivity index (χ1) is 9.24. The van der Waals surface area contributed by atoms with Gasteiger partial charge in [0.2, 0.25) is 0 Å². The number of carbonyl (C=O) groups is 1. The summed E-state index contributed by atoms with van der Waals surface area (Å²) in [5, 5.41) is 9.19. The van der Waals surface area contributed by atoms with Crippen LogP contribution in [-0.4, -0.2) is 40.1 Å². The molecular weight excluding hydrogens is 242 g/mol. The van der Waals surface area contributed by atoms with Crippen LogP contribution in [0.15, 0.2) is 18.3 Å². The molecule has 1 aromatic heterocycles. The van der Waals surface area contributed by atoms with Gasteiger partial charge in [-0.3, -0.25) is 4.79 Å². The highest BCUT2D eigenvalue weighted by Crippen LogP contribution is 2.24. The molecule has 3 N–H and O–H groups in total. The Labute approximate surface area is 113 Å². The Balaban J connectivity index is 2.18. The molecule has 0 saturated heterocycles. The summed E-state index contributed by atoms with van der Waals surface area (Å²) in [6.07, 6.45) is 7.10. The van der Waals surface area contributed by atoms with Crippen molar-refractivity contribution in [2.75, 3.05) is 18.9 Å². The Morgan fingerprint density at radius 2 is 2.16 bits per heavy atom. The number of aliphatic hydroxyl groups excluding tert-OH is 1. The second-order valence-electron chi connectivity index (χ2n) is 4.95. The van der Waals surface area contributed by atoms with Gasteiger partial charge in [0.15, 0.2) is 0 Å². The minimum absolute atomic E-state index is 0.0254. The van der Waals surface area contributed by atoms with Gasteiger partial charge in [0.05, 0.1) is 12.2 Å². The molecule has 1 fully saturated rings. The van der Waals surface area contributed by atoms with Gasteiger partial charge in [0, 0.05) is 18.8 Å². The van der Waals surface area contributed by atoms with E-state index in [1.807, 2.05) is 0 Å². The number of pyridine rings is 1. The van der Waals surface area contributed by atoms with Crippen molar-refractivity contribution in [3.8, 4) is 0 Å². The van der Waals surface area contributed by atoms with Crippen LogP contribution in [0.25, 0.3) is 0 Å². The number of nitrogens with zero attached hydrogens (tertiary/aromatic N) is 2. The van der Waals surface area contributed by atoms with E-state index in [1.165, 1.54) is 6.42 Å². The molecule has 1 aliphatic rings. The average Bonchev–Trinajstić information content (AvgIpc) is 2.45. The van der Waals surface area contributed by atoms with E-state index in [4.69, 9.17) is 5.73 Å². The van der Waals surface area contributed by atoms with E-state index in [0.29, 0.717) is 12.1 Å². The molecule has 5 nitrogen and oxygen atoms in total. The number of nitrogen functional groups attached to an aromatic ring is 1. The number of carbonyl (C=O) groups excluding carboxylic acids is 1. The van der Waals surface area contributed by atoms with Gasteiger partial charge in [-0.25, -0.2) is 4.98 Å². The number of nitrogens with two attached hydrogens (primary N) is 1. The van der Waals surface area contributed by atoms with E-state index < -0.39 is 0 Å². The van der Waals surface area contributed by atoms with Gasteiger partial charge in [-0.15, -0.1) is 0 Å². The molecule has 0 spiro atoms. The summed E-state index contributed by atoms with van der Waals surface area (Å²) in [6, 6.07) is 3.62. The SMILES string of the molecule is Nc1ncccc1C(=O)N(CCO)C1CCCCC1. The Kier molecular flexibility index (Phi) is 4.74. The van der Waals surface area contributed by atoms with Crippen LogP contribution in [0.3, 0.4) is 0 Å². The van der Waals surface area contributed by atoms with Crippen LogP contribution < -0.4 is 5.73 Å². The Hall–Kier alpha value is -1.62. The second kappa shape index (κ2) is 6.52. The first-order valence-electron chi connectivity index (χ1n) is 6.86. The predicted molar refractivity (Wildman–Crippen MR) is 73.6 cm³/mol. The van der Waals surface area contributed by atoms with E-state index in [9.17, 15) is 9.90 Å². The van der Waals surface area contributed by atoms with Crippen LogP contribution in [0.2, 0.25) is 0 Å². The lowest BCUT2D eigenvalue weighted by Crippen LogP contribution is -2.43. The lowest BCUT2D eigenvalue weighted by Gasteiger charge is -2.34. The summed E-state index contributed by atoms with van der Waals surface area (Å²) in [6.45, 7) is 0.334. The van der Waals surface area contributed by atoms with Gasteiger partial charge in [0.1, 0.15) is 5.82 Å². The van der Waals surface area contributed by atoms with Gasteiger partial charge in [-0.1, -0.05) is 19.3 Å². The number of rotatable bonds is 4. The molecule has 0 bridgehead atoms. The molecule has 1 aliphatic carbocycles. The fourth-order valence-electron chi connectivity index (χ4n) is 2.70. The number of amides is 1. The topological polar surface area (TPSA) is 79.5 Å². The monoisotopic (exact) mass is 263 g/mol. The Morgan fingerprint density at radius 3 is 2.79 bits per heavy atom. The molecule has 1 amide bonds. The molecule has 0 atom stereocenters. The highest BCUT2D eigenvalue weighted by Gasteiger charge is 2.26. The molecule has 104 valence electrons. The fraction of sp³-hybridized carbons (Fsp3) is 0.571. The van der Waals surface area contributed by atoms with Crippen molar-refractivity contribution in [1.29, 1.82) is 0 Å². The number of aromatic nitrogens is 1. The van der Waals surface area contributed by atoms with E-state index >= 15 is 0 Å². The van der Waals surface area contributed by atoms with Gasteiger partial charge < -0.3 is 15.7 Å². The maximum atomic E-state index is 12.5. The first kappa shape index (κ1) is 13.8. The van der Waals surface area contributed by atoms with Crippen LogP contribution in [-0.2, 0) is 0 Å². The minimum atomic E-state index is -0.119. The Morgan fingerprint density at radius 1 is 1.42 bits per heavy atom. The molecule has 1 aromatic rings. The largest absolute Gasteiger partial charge is 0.395 e. The summed E-state index contributed by atoms with van der Waals surface area (Å²) in [5.41, 5.74) is 6.20. The van der Waals surface area contributed by atoms with Gasteiger partial charge >= 0.3 is 0 Å². The normalized spacial score (nSPS) is 16.3. The van der Waals surface area contributed by atoms with Crippen molar-refractivity contribution in [3.63, 3.8) is 0 Å². The van der Waals surface area contributed by atoms with Crippen molar-refractivity contribution in [2.45, 2.75) is 38.1 Å². The summed E-state index contributed by atoms with van der Waals surface area (Å²) < 4.78 is 0. The average molecular weight is 263 g/mol. The summed E-state index contributed by atoms with van der Waals surface area (Å²) in [4.78, 5) is 18.3. The summed E-state index contributed by atoms with van der Waals surface area (Å²) >= 11 is 0. The molecule has 0 aromatic carbocycles. The number of anilines is 1. The minimum Gasteiger partial charge on any atom is -0.395 e.